The van der Waals surface area contributed by atoms with E-state index >= 15 is 4.39 Å². The maximum Gasteiger partial charge on any atom is 0.422 e. The number of carbonyl (C=O) groups is 2. The van der Waals surface area contributed by atoms with Gasteiger partial charge in [-0.05, 0) is 44.9 Å². The van der Waals surface area contributed by atoms with E-state index in [2.05, 4.69) is 25.0 Å². The summed E-state index contributed by atoms with van der Waals surface area (Å²) in [7, 11) is 0. The predicted octanol–water partition coefficient (Wildman–Crippen LogP) is 3.86. The highest BCUT2D eigenvalue weighted by molar-refractivity contribution is 8.15. The number of nitrogens with one attached hydrogen (secondary N) is 1. The molecule has 0 radical (unpaired) electrons. The minimum atomic E-state index is -4.54. The average molecular weight is 555 g/mol. The molecular formula is C24H26F4N6O3S. The lowest BCUT2D eigenvalue weighted by Crippen LogP contribution is -2.51. The number of aliphatic imine (C=N–C) groups is 1. The van der Waals surface area contributed by atoms with Gasteiger partial charge in [-0.15, -0.1) is 0 Å². The van der Waals surface area contributed by atoms with Crippen molar-refractivity contribution in [2.45, 2.75) is 49.6 Å². The molecule has 0 saturated carbocycles. The summed E-state index contributed by atoms with van der Waals surface area (Å²) in [5.41, 5.74) is 5.09. The van der Waals surface area contributed by atoms with Gasteiger partial charge in [-0.25, -0.2) is 14.4 Å². The molecule has 0 bridgehead atoms. The molecule has 14 heteroatoms. The minimum absolute atomic E-state index is 0.0739. The van der Waals surface area contributed by atoms with Crippen LogP contribution in [-0.4, -0.2) is 62.5 Å². The first-order valence-electron chi connectivity index (χ1n) is 11.7. The van der Waals surface area contributed by atoms with E-state index in [1.165, 1.54) is 18.2 Å². The van der Waals surface area contributed by atoms with Gasteiger partial charge in [0, 0.05) is 30.8 Å². The van der Waals surface area contributed by atoms with Crippen molar-refractivity contribution in [3.05, 3.63) is 47.7 Å². The van der Waals surface area contributed by atoms with Gasteiger partial charge in [0.2, 0.25) is 11.8 Å². The molecule has 2 aliphatic heterocycles. The number of amides is 2. The number of hydrogen-bond donors (Lipinski definition) is 2. The van der Waals surface area contributed by atoms with Crippen LogP contribution in [0, 0.1) is 5.82 Å². The number of nitrogens with zero attached hydrogens (tertiary/aromatic N) is 4. The fraction of sp³-hybridized carbons (Fsp3) is 0.458. The first-order chi connectivity index (χ1) is 17.8. The fourth-order valence-corrected chi connectivity index (χ4v) is 5.91. The maximum atomic E-state index is 15.1. The lowest BCUT2D eigenvalue weighted by molar-refractivity contribution is -0.154. The lowest BCUT2D eigenvalue weighted by Gasteiger charge is -2.41. The second-order valence-electron chi connectivity index (χ2n) is 9.53. The molecule has 2 amide bonds. The Bertz CT molecular complexity index is 1250. The molecular weight excluding hydrogens is 528 g/mol. The number of amidine groups is 1. The number of nitrogens with two attached hydrogens (primary N) is 1. The molecule has 2 aliphatic rings. The molecule has 0 unspecified atom stereocenters. The first kappa shape index (κ1) is 27.6. The van der Waals surface area contributed by atoms with E-state index in [0.29, 0.717) is 13.1 Å². The largest absolute Gasteiger partial charge is 0.467 e. The van der Waals surface area contributed by atoms with E-state index in [1.807, 2.05) is 0 Å². The summed E-state index contributed by atoms with van der Waals surface area (Å²) in [5, 5.41) is 2.73. The van der Waals surface area contributed by atoms with E-state index in [0.717, 1.165) is 37.0 Å². The molecule has 1 aromatic heterocycles. The zero-order chi connectivity index (χ0) is 27.7. The van der Waals surface area contributed by atoms with E-state index in [9.17, 15) is 22.8 Å². The third-order valence-electron chi connectivity index (χ3n) is 6.26. The highest BCUT2D eigenvalue weighted by Crippen LogP contribution is 2.47. The van der Waals surface area contributed by atoms with Crippen LogP contribution in [0.1, 0.15) is 49.2 Å². The topological polar surface area (TPSA) is 123 Å². The van der Waals surface area contributed by atoms with Crippen molar-refractivity contribution in [1.82, 2.24) is 14.9 Å². The maximum absolute atomic E-state index is 15.1. The molecule has 38 heavy (non-hydrogen) atoms. The van der Waals surface area contributed by atoms with Crippen molar-refractivity contribution in [3.63, 3.8) is 0 Å². The van der Waals surface area contributed by atoms with Gasteiger partial charge < -0.3 is 20.7 Å². The summed E-state index contributed by atoms with van der Waals surface area (Å²) < 4.78 is 55.5. The summed E-state index contributed by atoms with van der Waals surface area (Å²) in [4.78, 5) is 39.7. The molecule has 1 saturated heterocycles. The van der Waals surface area contributed by atoms with Gasteiger partial charge in [-0.3, -0.25) is 14.6 Å². The number of ether oxygens (including phenoxy) is 1. The summed E-state index contributed by atoms with van der Waals surface area (Å²) >= 11 is 1.16. The summed E-state index contributed by atoms with van der Waals surface area (Å²) in [6.07, 6.45) is -0.646. The second-order valence-corrected chi connectivity index (χ2v) is 11.0. The highest BCUT2D eigenvalue weighted by Gasteiger charge is 2.49. The van der Waals surface area contributed by atoms with Gasteiger partial charge in [0.1, 0.15) is 16.3 Å². The number of halogens is 4. The Kier molecular flexibility index (Phi) is 7.55. The number of carbonyl (C=O) groups excluding carboxylic acids is 2. The van der Waals surface area contributed by atoms with Crippen LogP contribution in [0.25, 0.3) is 0 Å². The number of aromatic nitrogens is 2. The zero-order valence-corrected chi connectivity index (χ0v) is 21.5. The van der Waals surface area contributed by atoms with Crippen molar-refractivity contribution >= 4 is 34.4 Å². The third kappa shape index (κ3) is 6.17. The van der Waals surface area contributed by atoms with Gasteiger partial charge in [0.25, 0.3) is 5.91 Å². The molecule has 2 aromatic rings. The summed E-state index contributed by atoms with van der Waals surface area (Å²) in [6.45, 7) is 3.25. The standard InChI is InChI=1S/C24H26F4N6O3S/c1-22(12-23(2,38-21(29)33-22)20(36)34-7-3-4-8-34)15-9-14(5-6-16(15)25)32-19(35)17-10-31-18(11-30-17)37-13-24(26,27)28/h5-6,9-11H,3-4,7-8,12-13H2,1-2H3,(H2,29,33)(H,32,35)/t22-,23+/m0/s1. The van der Waals surface area contributed by atoms with Gasteiger partial charge in [0.15, 0.2) is 11.8 Å². The number of benzene rings is 1. The smallest absolute Gasteiger partial charge is 0.422 e. The first-order valence-corrected chi connectivity index (χ1v) is 12.6. The van der Waals surface area contributed by atoms with Crippen LogP contribution < -0.4 is 15.8 Å². The van der Waals surface area contributed by atoms with Crippen LogP contribution in [0.4, 0.5) is 23.2 Å². The molecule has 0 spiro atoms. The number of likely N-dealkylation sites (tertiary alicyclic amines) is 1. The summed E-state index contributed by atoms with van der Waals surface area (Å²) in [6, 6.07) is 3.92. The van der Waals surface area contributed by atoms with Crippen LogP contribution in [-0.2, 0) is 10.3 Å². The number of alkyl halides is 3. The molecule has 0 aliphatic carbocycles. The Morgan fingerprint density at radius 3 is 2.53 bits per heavy atom. The van der Waals surface area contributed by atoms with Crippen LogP contribution in [0.15, 0.2) is 35.6 Å². The Labute approximate surface area is 220 Å². The predicted molar refractivity (Wildman–Crippen MR) is 133 cm³/mol. The molecule has 1 aromatic carbocycles. The monoisotopic (exact) mass is 554 g/mol. The molecule has 1 fully saturated rings. The Morgan fingerprint density at radius 2 is 1.89 bits per heavy atom. The van der Waals surface area contributed by atoms with Gasteiger partial charge in [-0.2, -0.15) is 13.2 Å². The Morgan fingerprint density at radius 1 is 1.18 bits per heavy atom. The number of anilines is 1. The number of hydrogen-bond acceptors (Lipinski definition) is 8. The normalized spacial score (nSPS) is 23.6. The average Bonchev–Trinajstić information content (AvgIpc) is 3.37. The van der Waals surface area contributed by atoms with Crippen LogP contribution in [0.3, 0.4) is 0 Å². The van der Waals surface area contributed by atoms with Crippen molar-refractivity contribution < 1.29 is 31.9 Å². The lowest BCUT2D eigenvalue weighted by atomic mass is 9.82. The van der Waals surface area contributed by atoms with Gasteiger partial charge in [0.05, 0.1) is 17.9 Å². The van der Waals surface area contributed by atoms with Crippen LogP contribution >= 0.6 is 11.8 Å². The second kappa shape index (κ2) is 10.4. The van der Waals surface area contributed by atoms with Crippen molar-refractivity contribution in [2.24, 2.45) is 10.7 Å². The van der Waals surface area contributed by atoms with Crippen molar-refractivity contribution in [1.29, 1.82) is 0 Å². The van der Waals surface area contributed by atoms with Crippen LogP contribution in [0.5, 0.6) is 5.88 Å². The summed E-state index contributed by atoms with van der Waals surface area (Å²) in [5.74, 6) is -1.78. The number of thioether (sulfide) groups is 1. The molecule has 9 nitrogen and oxygen atoms in total. The Balaban J connectivity index is 1.53. The van der Waals surface area contributed by atoms with Gasteiger partial charge >= 0.3 is 6.18 Å². The van der Waals surface area contributed by atoms with Crippen molar-refractivity contribution in [3.8, 4) is 5.88 Å². The third-order valence-corrected chi connectivity index (χ3v) is 7.33. The van der Waals surface area contributed by atoms with Crippen LogP contribution in [0.2, 0.25) is 0 Å². The molecule has 4 rings (SSSR count). The van der Waals surface area contributed by atoms with E-state index in [1.54, 1.807) is 18.7 Å². The molecule has 204 valence electrons. The molecule has 3 N–H and O–H groups in total. The molecule has 3 heterocycles. The van der Waals surface area contributed by atoms with Gasteiger partial charge in [-0.1, -0.05) is 11.8 Å². The van der Waals surface area contributed by atoms with E-state index in [-0.39, 0.29) is 34.4 Å². The highest BCUT2D eigenvalue weighted by atomic mass is 32.2. The van der Waals surface area contributed by atoms with Crippen molar-refractivity contribution in [2.75, 3.05) is 25.0 Å². The minimum Gasteiger partial charge on any atom is -0.467 e. The quantitative estimate of drug-likeness (QED) is 0.520. The molecule has 2 atom stereocenters. The Hall–Kier alpha value is -3.42. The van der Waals surface area contributed by atoms with E-state index in [4.69, 9.17) is 5.73 Å². The zero-order valence-electron chi connectivity index (χ0n) is 20.6. The number of rotatable bonds is 6. The van der Waals surface area contributed by atoms with E-state index < -0.39 is 40.7 Å². The fourth-order valence-electron chi connectivity index (χ4n) is 4.63. The SMILES string of the molecule is C[C@]1(C(=O)N2CCCC2)C[C@@](C)(c2cc(NC(=O)c3cnc(OCC(F)(F)F)cn3)ccc2F)N=C(N)S1.